The van der Waals surface area contributed by atoms with Crippen molar-refractivity contribution in [1.29, 1.82) is 0 Å². The number of aryl methyl sites for hydroxylation is 1. The van der Waals surface area contributed by atoms with Gasteiger partial charge in [0.2, 0.25) is 0 Å². The first-order valence-electron chi connectivity index (χ1n) is 7.57. The zero-order valence-electron chi connectivity index (χ0n) is 12.4. The van der Waals surface area contributed by atoms with Crippen molar-refractivity contribution in [3.8, 4) is 0 Å². The molecule has 0 spiro atoms. The summed E-state index contributed by atoms with van der Waals surface area (Å²) in [6, 6.07) is 2.08. The summed E-state index contributed by atoms with van der Waals surface area (Å²) < 4.78 is 0. The SMILES string of the molecule is CCCc1nc(NC)cc(N2CCC(CCC)C2)n1. The number of nitrogens with zero attached hydrogens (tertiary/aromatic N) is 3. The van der Waals surface area contributed by atoms with Gasteiger partial charge in [0, 0.05) is 32.6 Å². The monoisotopic (exact) mass is 262 g/mol. The van der Waals surface area contributed by atoms with E-state index < -0.39 is 0 Å². The largest absolute Gasteiger partial charge is 0.373 e. The Balaban J connectivity index is 2.12. The number of rotatable bonds is 6. The highest BCUT2D eigenvalue weighted by molar-refractivity contribution is 5.49. The Labute approximate surface area is 116 Å². The Hall–Kier alpha value is -1.32. The Morgan fingerprint density at radius 2 is 2.16 bits per heavy atom. The van der Waals surface area contributed by atoms with Crippen molar-refractivity contribution in [2.24, 2.45) is 5.92 Å². The van der Waals surface area contributed by atoms with Crippen LogP contribution >= 0.6 is 0 Å². The first-order chi connectivity index (χ1) is 9.26. The summed E-state index contributed by atoms with van der Waals surface area (Å²) in [6.45, 7) is 6.73. The molecule has 4 nitrogen and oxygen atoms in total. The van der Waals surface area contributed by atoms with Crippen molar-refractivity contribution < 1.29 is 0 Å². The molecule has 1 N–H and O–H groups in total. The molecule has 0 bridgehead atoms. The van der Waals surface area contributed by atoms with E-state index in [0.29, 0.717) is 0 Å². The van der Waals surface area contributed by atoms with Crippen LogP contribution in [0.1, 0.15) is 45.4 Å². The first kappa shape index (κ1) is 14.1. The molecule has 19 heavy (non-hydrogen) atoms. The summed E-state index contributed by atoms with van der Waals surface area (Å²) in [6.07, 6.45) is 5.96. The molecule has 0 saturated carbocycles. The zero-order valence-corrected chi connectivity index (χ0v) is 12.4. The molecule has 1 aliphatic rings. The Bertz CT molecular complexity index is 405. The van der Waals surface area contributed by atoms with Crippen LogP contribution in [-0.2, 0) is 6.42 Å². The molecule has 106 valence electrons. The number of hydrogen-bond donors (Lipinski definition) is 1. The van der Waals surface area contributed by atoms with E-state index in [1.807, 2.05) is 7.05 Å². The Kier molecular flexibility index (Phi) is 5.00. The maximum absolute atomic E-state index is 4.72. The zero-order chi connectivity index (χ0) is 13.7. The summed E-state index contributed by atoms with van der Waals surface area (Å²) in [5.74, 6) is 3.84. The lowest BCUT2D eigenvalue weighted by Crippen LogP contribution is -2.22. The van der Waals surface area contributed by atoms with Crippen molar-refractivity contribution in [2.45, 2.75) is 46.0 Å². The van der Waals surface area contributed by atoms with Crippen LogP contribution in [0.4, 0.5) is 11.6 Å². The average Bonchev–Trinajstić information content (AvgIpc) is 2.88. The standard InChI is InChI=1S/C15H26N4/c1-4-6-12-8-9-19(11-12)15-10-14(16-3)17-13(18-15)7-5-2/h10,12H,4-9,11H2,1-3H3,(H,16,17,18). The van der Waals surface area contributed by atoms with E-state index in [2.05, 4.69) is 35.1 Å². The molecule has 4 heteroatoms. The summed E-state index contributed by atoms with van der Waals surface area (Å²) in [5, 5.41) is 3.15. The highest BCUT2D eigenvalue weighted by atomic mass is 15.2. The number of hydrogen-bond acceptors (Lipinski definition) is 4. The highest BCUT2D eigenvalue weighted by Crippen LogP contribution is 2.26. The van der Waals surface area contributed by atoms with Gasteiger partial charge in [0.1, 0.15) is 17.5 Å². The van der Waals surface area contributed by atoms with E-state index in [-0.39, 0.29) is 0 Å². The van der Waals surface area contributed by atoms with Gasteiger partial charge in [-0.1, -0.05) is 20.3 Å². The summed E-state index contributed by atoms with van der Waals surface area (Å²) in [7, 11) is 1.92. The van der Waals surface area contributed by atoms with Gasteiger partial charge in [0.05, 0.1) is 0 Å². The van der Waals surface area contributed by atoms with Gasteiger partial charge in [-0.15, -0.1) is 0 Å². The Morgan fingerprint density at radius 3 is 2.84 bits per heavy atom. The average molecular weight is 262 g/mol. The Morgan fingerprint density at radius 1 is 1.32 bits per heavy atom. The third kappa shape index (κ3) is 3.58. The van der Waals surface area contributed by atoms with Gasteiger partial charge in [0.15, 0.2) is 0 Å². The molecule has 1 saturated heterocycles. The van der Waals surface area contributed by atoms with E-state index in [4.69, 9.17) is 4.98 Å². The van der Waals surface area contributed by atoms with Gasteiger partial charge in [-0.05, 0) is 25.2 Å². The van der Waals surface area contributed by atoms with Crippen molar-refractivity contribution in [1.82, 2.24) is 9.97 Å². The third-order valence-corrected chi connectivity index (χ3v) is 3.80. The van der Waals surface area contributed by atoms with Crippen molar-refractivity contribution in [3.63, 3.8) is 0 Å². The molecule has 1 aromatic rings. The summed E-state index contributed by atoms with van der Waals surface area (Å²) in [5.41, 5.74) is 0. The summed E-state index contributed by atoms with van der Waals surface area (Å²) in [4.78, 5) is 11.7. The molecule has 2 rings (SSSR count). The minimum atomic E-state index is 0.840. The van der Waals surface area contributed by atoms with Crippen LogP contribution in [0.25, 0.3) is 0 Å². The highest BCUT2D eigenvalue weighted by Gasteiger charge is 2.23. The van der Waals surface area contributed by atoms with Crippen molar-refractivity contribution in [2.75, 3.05) is 30.4 Å². The van der Waals surface area contributed by atoms with Crippen molar-refractivity contribution in [3.05, 3.63) is 11.9 Å². The molecular formula is C15H26N4. The van der Waals surface area contributed by atoms with Gasteiger partial charge >= 0.3 is 0 Å². The minimum Gasteiger partial charge on any atom is -0.373 e. The van der Waals surface area contributed by atoms with Gasteiger partial charge in [-0.25, -0.2) is 9.97 Å². The molecule has 1 aromatic heterocycles. The van der Waals surface area contributed by atoms with E-state index >= 15 is 0 Å². The van der Waals surface area contributed by atoms with Crippen LogP contribution in [0.3, 0.4) is 0 Å². The van der Waals surface area contributed by atoms with Crippen LogP contribution in [-0.4, -0.2) is 30.1 Å². The lowest BCUT2D eigenvalue weighted by molar-refractivity contribution is 0.529. The third-order valence-electron chi connectivity index (χ3n) is 3.80. The number of nitrogens with one attached hydrogen (secondary N) is 1. The van der Waals surface area contributed by atoms with Crippen molar-refractivity contribution >= 4 is 11.6 Å². The molecular weight excluding hydrogens is 236 g/mol. The second-order valence-electron chi connectivity index (χ2n) is 5.42. The predicted molar refractivity (Wildman–Crippen MR) is 80.8 cm³/mol. The fraction of sp³-hybridized carbons (Fsp3) is 0.733. The van der Waals surface area contributed by atoms with E-state index in [0.717, 1.165) is 49.3 Å². The fourth-order valence-electron chi connectivity index (χ4n) is 2.79. The maximum Gasteiger partial charge on any atom is 0.134 e. The van der Waals surface area contributed by atoms with Gasteiger partial charge in [-0.2, -0.15) is 0 Å². The lowest BCUT2D eigenvalue weighted by atomic mass is 10.0. The minimum absolute atomic E-state index is 0.840. The van der Waals surface area contributed by atoms with Crippen LogP contribution in [0.15, 0.2) is 6.07 Å². The fourth-order valence-corrected chi connectivity index (χ4v) is 2.79. The number of aromatic nitrogens is 2. The van der Waals surface area contributed by atoms with E-state index in [9.17, 15) is 0 Å². The smallest absolute Gasteiger partial charge is 0.134 e. The second kappa shape index (κ2) is 6.73. The van der Waals surface area contributed by atoms with Crippen LogP contribution in [0.5, 0.6) is 0 Å². The molecule has 1 aliphatic heterocycles. The molecule has 1 atom stereocenters. The van der Waals surface area contributed by atoms with Crippen LogP contribution < -0.4 is 10.2 Å². The van der Waals surface area contributed by atoms with E-state index in [1.165, 1.54) is 19.3 Å². The molecule has 2 heterocycles. The normalized spacial score (nSPS) is 18.9. The molecule has 0 aliphatic carbocycles. The van der Waals surface area contributed by atoms with Gasteiger partial charge in [-0.3, -0.25) is 0 Å². The first-order valence-corrected chi connectivity index (χ1v) is 7.57. The lowest BCUT2D eigenvalue weighted by Gasteiger charge is -2.19. The van der Waals surface area contributed by atoms with Crippen LogP contribution in [0, 0.1) is 5.92 Å². The maximum atomic E-state index is 4.72. The molecule has 0 radical (unpaired) electrons. The molecule has 1 fully saturated rings. The predicted octanol–water partition coefficient (Wildman–Crippen LogP) is 3.10. The molecule has 0 aromatic carbocycles. The topological polar surface area (TPSA) is 41.1 Å². The molecule has 0 amide bonds. The van der Waals surface area contributed by atoms with Gasteiger partial charge < -0.3 is 10.2 Å². The second-order valence-corrected chi connectivity index (χ2v) is 5.42. The molecule has 1 unspecified atom stereocenters. The number of anilines is 2. The van der Waals surface area contributed by atoms with Gasteiger partial charge in [0.25, 0.3) is 0 Å². The quantitative estimate of drug-likeness (QED) is 0.855. The summed E-state index contributed by atoms with van der Waals surface area (Å²) >= 11 is 0. The van der Waals surface area contributed by atoms with E-state index in [1.54, 1.807) is 0 Å². The van der Waals surface area contributed by atoms with Crippen LogP contribution in [0.2, 0.25) is 0 Å².